The van der Waals surface area contributed by atoms with E-state index in [0.717, 1.165) is 0 Å². The standard InChI is InChI=1S/C26H18ClFN4O3S/c1-35-24-14-20(16-4-2-5-18(28)12-16)21(27)15-23(24)32-22-8-7-19(13-17(22)6-9-25(32)33)36(34)31-26-29-10-3-11-30-26/h2-15H,1H3,(H,29,30,31). The van der Waals surface area contributed by atoms with Gasteiger partial charge in [0.05, 0.1) is 28.2 Å². The number of methoxy groups -OCH3 is 1. The van der Waals surface area contributed by atoms with Crippen molar-refractivity contribution in [2.45, 2.75) is 4.90 Å². The fourth-order valence-corrected chi connectivity index (χ4v) is 4.92. The number of nitrogens with one attached hydrogen (secondary N) is 1. The molecule has 0 aliphatic heterocycles. The Morgan fingerprint density at radius 3 is 2.56 bits per heavy atom. The predicted octanol–water partition coefficient (Wildman–Crippen LogP) is 5.38. The van der Waals surface area contributed by atoms with E-state index in [-0.39, 0.29) is 11.5 Å². The average Bonchev–Trinajstić information content (AvgIpc) is 2.89. The van der Waals surface area contributed by atoms with Crippen LogP contribution in [0, 0.1) is 5.82 Å². The summed E-state index contributed by atoms with van der Waals surface area (Å²) in [5.41, 5.74) is 1.82. The molecular weight excluding hydrogens is 503 g/mol. The van der Waals surface area contributed by atoms with Crippen LogP contribution in [-0.2, 0) is 11.0 Å². The average molecular weight is 521 g/mol. The predicted molar refractivity (Wildman–Crippen MR) is 139 cm³/mol. The Kier molecular flexibility index (Phi) is 6.49. The molecule has 2 heterocycles. The minimum Gasteiger partial charge on any atom is -0.495 e. The lowest BCUT2D eigenvalue weighted by Gasteiger charge is -2.17. The van der Waals surface area contributed by atoms with Gasteiger partial charge in [0.2, 0.25) is 5.95 Å². The number of ether oxygens (including phenoxy) is 1. The van der Waals surface area contributed by atoms with E-state index >= 15 is 0 Å². The van der Waals surface area contributed by atoms with Crippen LogP contribution in [0.3, 0.4) is 0 Å². The second kappa shape index (κ2) is 9.88. The third-order valence-electron chi connectivity index (χ3n) is 5.47. The molecule has 1 atom stereocenters. The van der Waals surface area contributed by atoms with Gasteiger partial charge in [0.25, 0.3) is 5.56 Å². The zero-order chi connectivity index (χ0) is 25.2. The summed E-state index contributed by atoms with van der Waals surface area (Å²) in [5.74, 6) is 0.223. The van der Waals surface area contributed by atoms with Gasteiger partial charge in [0.15, 0.2) is 11.0 Å². The Bertz CT molecular complexity index is 1680. The highest BCUT2D eigenvalue weighted by Crippen LogP contribution is 2.37. The Balaban J connectivity index is 1.60. The fraction of sp³-hybridized carbons (Fsp3) is 0.0385. The quantitative estimate of drug-likeness (QED) is 0.325. The van der Waals surface area contributed by atoms with Crippen LogP contribution in [0.2, 0.25) is 5.02 Å². The summed E-state index contributed by atoms with van der Waals surface area (Å²) in [5, 5.41) is 0.994. The van der Waals surface area contributed by atoms with Crippen molar-refractivity contribution >= 4 is 39.4 Å². The highest BCUT2D eigenvalue weighted by atomic mass is 35.5. The van der Waals surface area contributed by atoms with Crippen LogP contribution in [0.1, 0.15) is 0 Å². The molecular formula is C26H18ClFN4O3S. The van der Waals surface area contributed by atoms with Gasteiger partial charge in [-0.2, -0.15) is 0 Å². The van der Waals surface area contributed by atoms with E-state index in [0.29, 0.717) is 43.4 Å². The molecule has 2 aromatic heterocycles. The second-order valence-corrected chi connectivity index (χ2v) is 9.31. The smallest absolute Gasteiger partial charge is 0.255 e. The number of pyridine rings is 1. The van der Waals surface area contributed by atoms with Gasteiger partial charge < -0.3 is 4.74 Å². The van der Waals surface area contributed by atoms with Crippen molar-refractivity contribution in [3.63, 3.8) is 0 Å². The zero-order valence-electron chi connectivity index (χ0n) is 18.8. The number of aromatic nitrogens is 3. The van der Waals surface area contributed by atoms with Crippen molar-refractivity contribution in [3.8, 4) is 22.6 Å². The summed E-state index contributed by atoms with van der Waals surface area (Å²) < 4.78 is 36.4. The molecule has 7 nitrogen and oxygen atoms in total. The first-order valence-electron chi connectivity index (χ1n) is 10.7. The number of fused-ring (bicyclic) bond motifs is 1. The second-order valence-electron chi connectivity index (χ2n) is 7.69. The molecule has 0 bridgehead atoms. The maximum absolute atomic E-state index is 13.8. The summed E-state index contributed by atoms with van der Waals surface area (Å²) in [6.07, 6.45) is 3.09. The molecule has 0 aliphatic rings. The molecule has 180 valence electrons. The zero-order valence-corrected chi connectivity index (χ0v) is 20.4. The van der Waals surface area contributed by atoms with Crippen molar-refractivity contribution in [2.75, 3.05) is 11.8 Å². The van der Waals surface area contributed by atoms with Gasteiger partial charge in [0.1, 0.15) is 11.6 Å². The van der Waals surface area contributed by atoms with E-state index in [1.54, 1.807) is 67.0 Å². The van der Waals surface area contributed by atoms with Crippen molar-refractivity contribution in [3.05, 3.63) is 106 Å². The minimum absolute atomic E-state index is 0.235. The number of benzene rings is 3. The van der Waals surface area contributed by atoms with Crippen molar-refractivity contribution in [1.82, 2.24) is 14.5 Å². The molecule has 5 aromatic rings. The summed E-state index contributed by atoms with van der Waals surface area (Å²) >= 11 is 6.59. The monoisotopic (exact) mass is 520 g/mol. The molecule has 5 rings (SSSR count). The summed E-state index contributed by atoms with van der Waals surface area (Å²) in [6.45, 7) is 0. The molecule has 3 aromatic carbocycles. The van der Waals surface area contributed by atoms with Crippen LogP contribution >= 0.6 is 11.6 Å². The summed E-state index contributed by atoms with van der Waals surface area (Å²) in [7, 11) is -0.139. The van der Waals surface area contributed by atoms with Crippen LogP contribution in [0.4, 0.5) is 10.3 Å². The van der Waals surface area contributed by atoms with Gasteiger partial charge in [-0.05, 0) is 60.2 Å². The first-order chi connectivity index (χ1) is 17.4. The first-order valence-corrected chi connectivity index (χ1v) is 12.2. The van der Waals surface area contributed by atoms with Crippen LogP contribution in [0.15, 0.2) is 94.9 Å². The molecule has 0 saturated carbocycles. The minimum atomic E-state index is -1.62. The topological polar surface area (TPSA) is 86.1 Å². The Labute approximate surface area is 212 Å². The highest BCUT2D eigenvalue weighted by Gasteiger charge is 2.17. The van der Waals surface area contributed by atoms with E-state index < -0.39 is 16.8 Å². The van der Waals surface area contributed by atoms with E-state index in [9.17, 15) is 13.4 Å². The normalized spacial score (nSPS) is 11.9. The SMILES string of the molecule is COc1cc(-c2cccc(F)c2)c(Cl)cc1-n1c(=O)ccc2cc(S(=O)Nc3ncccn3)ccc21. The molecule has 36 heavy (non-hydrogen) atoms. The van der Waals surface area contributed by atoms with E-state index in [4.69, 9.17) is 16.3 Å². The first kappa shape index (κ1) is 23.7. The Morgan fingerprint density at radius 2 is 1.81 bits per heavy atom. The summed E-state index contributed by atoms with van der Waals surface area (Å²) in [4.78, 5) is 21.5. The lowest BCUT2D eigenvalue weighted by molar-refractivity contribution is 0.413. The molecule has 1 N–H and O–H groups in total. The molecule has 0 amide bonds. The number of rotatable bonds is 6. The van der Waals surface area contributed by atoms with Crippen molar-refractivity contribution < 1.29 is 13.3 Å². The molecule has 0 spiro atoms. The van der Waals surface area contributed by atoms with Gasteiger partial charge in [-0.1, -0.05) is 23.7 Å². The number of hydrogen-bond acceptors (Lipinski definition) is 5. The molecule has 0 radical (unpaired) electrons. The largest absolute Gasteiger partial charge is 0.495 e. The van der Waals surface area contributed by atoms with Gasteiger partial charge in [-0.25, -0.2) is 18.6 Å². The number of halogens is 2. The lowest BCUT2D eigenvalue weighted by Crippen LogP contribution is -2.18. The fourth-order valence-electron chi connectivity index (χ4n) is 3.84. The maximum Gasteiger partial charge on any atom is 0.255 e. The third kappa shape index (κ3) is 4.58. The molecule has 0 saturated heterocycles. The number of nitrogens with zero attached hydrogens (tertiary/aromatic N) is 3. The molecule has 10 heteroatoms. The number of anilines is 1. The maximum atomic E-state index is 13.8. The van der Waals surface area contributed by atoms with Crippen LogP contribution in [0.5, 0.6) is 5.75 Å². The van der Waals surface area contributed by atoms with Crippen LogP contribution < -0.4 is 15.0 Å². The molecule has 1 unspecified atom stereocenters. The van der Waals surface area contributed by atoms with E-state index in [1.165, 1.54) is 29.9 Å². The van der Waals surface area contributed by atoms with Crippen molar-refractivity contribution in [2.24, 2.45) is 0 Å². The van der Waals surface area contributed by atoms with Gasteiger partial charge >= 0.3 is 0 Å². The molecule has 0 aliphatic carbocycles. The van der Waals surface area contributed by atoms with E-state index in [2.05, 4.69) is 14.7 Å². The summed E-state index contributed by atoms with van der Waals surface area (Å²) in [6, 6.07) is 19.1. The highest BCUT2D eigenvalue weighted by molar-refractivity contribution is 7.86. The van der Waals surface area contributed by atoms with Crippen molar-refractivity contribution in [1.29, 1.82) is 0 Å². The van der Waals surface area contributed by atoms with E-state index in [1.807, 2.05) is 0 Å². The van der Waals surface area contributed by atoms with Gasteiger partial charge in [-0.3, -0.25) is 14.1 Å². The van der Waals surface area contributed by atoms with Gasteiger partial charge in [-0.15, -0.1) is 0 Å². The Hall–Kier alpha value is -4.08. The van der Waals surface area contributed by atoms with Gasteiger partial charge in [0, 0.05) is 29.4 Å². The Morgan fingerprint density at radius 1 is 1.00 bits per heavy atom. The van der Waals surface area contributed by atoms with Crippen LogP contribution in [0.25, 0.3) is 27.7 Å². The third-order valence-corrected chi connectivity index (χ3v) is 6.84. The molecule has 0 fully saturated rings. The number of hydrogen-bond donors (Lipinski definition) is 1. The lowest BCUT2D eigenvalue weighted by atomic mass is 10.0. The van der Waals surface area contributed by atoms with Crippen LogP contribution in [-0.4, -0.2) is 25.9 Å².